The van der Waals surface area contributed by atoms with E-state index in [-0.39, 0.29) is 5.92 Å². The smallest absolute Gasteiger partial charge is 0.306 e. The molecule has 1 N–H and O–H groups in total. The number of carboxylic acids is 1. The van der Waals surface area contributed by atoms with Crippen LogP contribution in [-0.4, -0.2) is 29.1 Å². The molecule has 1 aromatic rings. The van der Waals surface area contributed by atoms with E-state index >= 15 is 0 Å². The first-order valence-corrected chi connectivity index (χ1v) is 8.11. The van der Waals surface area contributed by atoms with Crippen LogP contribution in [0, 0.1) is 18.8 Å². The van der Waals surface area contributed by atoms with Crippen LogP contribution in [0.2, 0.25) is 0 Å². The minimum atomic E-state index is -0.606. The highest BCUT2D eigenvalue weighted by Gasteiger charge is 2.33. The van der Waals surface area contributed by atoms with E-state index in [1.54, 1.807) is 0 Å². The van der Waals surface area contributed by atoms with Gasteiger partial charge in [0.25, 0.3) is 0 Å². The third kappa shape index (κ3) is 4.57. The van der Waals surface area contributed by atoms with E-state index < -0.39 is 5.97 Å². The number of nitrogens with zero attached hydrogens (tertiary/aromatic N) is 1. The van der Waals surface area contributed by atoms with Gasteiger partial charge in [-0.15, -0.1) is 0 Å². The Kier molecular flexibility index (Phi) is 5.80. The van der Waals surface area contributed by atoms with E-state index in [9.17, 15) is 9.90 Å². The summed E-state index contributed by atoms with van der Waals surface area (Å²) in [5.41, 5.74) is 2.60. The molecule has 0 saturated carbocycles. The lowest BCUT2D eigenvalue weighted by atomic mass is 9.87. The molecule has 1 saturated heterocycles. The predicted octanol–water partition coefficient (Wildman–Crippen LogP) is 3.71. The third-order valence-corrected chi connectivity index (χ3v) is 4.59. The zero-order chi connectivity index (χ0) is 15.2. The second-order valence-corrected chi connectivity index (χ2v) is 6.36. The van der Waals surface area contributed by atoms with Crippen LogP contribution in [0.4, 0.5) is 0 Å². The minimum Gasteiger partial charge on any atom is -0.481 e. The molecule has 0 spiro atoms. The maximum atomic E-state index is 11.5. The molecule has 1 aliphatic heterocycles. The van der Waals surface area contributed by atoms with Crippen molar-refractivity contribution in [1.29, 1.82) is 0 Å². The fourth-order valence-electron chi connectivity index (χ4n) is 3.27. The Morgan fingerprint density at radius 2 is 2.10 bits per heavy atom. The highest BCUT2D eigenvalue weighted by atomic mass is 16.4. The molecule has 0 amide bonds. The number of rotatable bonds is 7. The third-order valence-electron chi connectivity index (χ3n) is 4.59. The summed E-state index contributed by atoms with van der Waals surface area (Å²) in [5, 5.41) is 9.45. The van der Waals surface area contributed by atoms with Crippen molar-refractivity contribution in [3.8, 4) is 0 Å². The maximum absolute atomic E-state index is 11.5. The number of aryl methyl sites for hydroxylation is 1. The summed E-state index contributed by atoms with van der Waals surface area (Å²) in [6.07, 6.45) is 3.94. The van der Waals surface area contributed by atoms with Crippen LogP contribution in [0.5, 0.6) is 0 Å². The molecule has 3 heteroatoms. The fourth-order valence-corrected chi connectivity index (χ4v) is 3.27. The van der Waals surface area contributed by atoms with Crippen molar-refractivity contribution in [2.75, 3.05) is 13.1 Å². The van der Waals surface area contributed by atoms with Gasteiger partial charge in [0.2, 0.25) is 0 Å². The summed E-state index contributed by atoms with van der Waals surface area (Å²) in [6, 6.07) is 8.64. The van der Waals surface area contributed by atoms with Crippen molar-refractivity contribution in [1.82, 2.24) is 4.90 Å². The van der Waals surface area contributed by atoms with Crippen LogP contribution in [0.25, 0.3) is 0 Å². The fraction of sp³-hybridized carbons (Fsp3) is 0.611. The monoisotopic (exact) mass is 289 g/mol. The van der Waals surface area contributed by atoms with Gasteiger partial charge in [-0.2, -0.15) is 0 Å². The van der Waals surface area contributed by atoms with Gasteiger partial charge in [-0.05, 0) is 37.8 Å². The number of unbranched alkanes of at least 4 members (excludes halogenated alkanes) is 1. The quantitative estimate of drug-likeness (QED) is 0.832. The Morgan fingerprint density at radius 3 is 2.71 bits per heavy atom. The summed E-state index contributed by atoms with van der Waals surface area (Å²) < 4.78 is 0. The lowest BCUT2D eigenvalue weighted by molar-refractivity contribution is -0.143. The molecular weight excluding hydrogens is 262 g/mol. The Hall–Kier alpha value is -1.35. The lowest BCUT2D eigenvalue weighted by Gasteiger charge is -2.20. The number of hydrogen-bond acceptors (Lipinski definition) is 2. The molecule has 2 atom stereocenters. The number of benzene rings is 1. The van der Waals surface area contributed by atoms with E-state index in [0.717, 1.165) is 45.3 Å². The first kappa shape index (κ1) is 16.0. The van der Waals surface area contributed by atoms with E-state index in [0.29, 0.717) is 5.92 Å². The molecule has 21 heavy (non-hydrogen) atoms. The number of aliphatic carboxylic acids is 1. The molecule has 0 radical (unpaired) electrons. The minimum absolute atomic E-state index is 0.159. The van der Waals surface area contributed by atoms with Gasteiger partial charge < -0.3 is 5.11 Å². The van der Waals surface area contributed by atoms with Gasteiger partial charge in [0.1, 0.15) is 0 Å². The molecule has 116 valence electrons. The SMILES string of the molecule is CCCCC(C(=O)O)[C@H]1CCN(Cc2ccc(C)cc2)C1. The largest absolute Gasteiger partial charge is 0.481 e. The van der Waals surface area contributed by atoms with Crippen LogP contribution >= 0.6 is 0 Å². The van der Waals surface area contributed by atoms with Gasteiger partial charge in [-0.1, -0.05) is 49.6 Å². The average Bonchev–Trinajstić information content (AvgIpc) is 2.90. The summed E-state index contributed by atoms with van der Waals surface area (Å²) >= 11 is 0. The van der Waals surface area contributed by atoms with Gasteiger partial charge in [0.15, 0.2) is 0 Å². The molecule has 1 aromatic carbocycles. The number of likely N-dealkylation sites (tertiary alicyclic amines) is 1. The second-order valence-electron chi connectivity index (χ2n) is 6.36. The standard InChI is InChI=1S/C18H27NO2/c1-3-4-5-17(18(20)21)16-10-11-19(13-16)12-15-8-6-14(2)7-9-15/h6-9,16-17H,3-5,10-13H2,1-2H3,(H,20,21)/t16-,17?/m0/s1. The Bertz CT molecular complexity index is 455. The molecule has 0 aromatic heterocycles. The van der Waals surface area contributed by atoms with Crippen molar-refractivity contribution in [3.63, 3.8) is 0 Å². The average molecular weight is 289 g/mol. The first-order valence-electron chi connectivity index (χ1n) is 8.11. The van der Waals surface area contributed by atoms with Crippen molar-refractivity contribution in [2.45, 2.75) is 46.1 Å². The van der Waals surface area contributed by atoms with Gasteiger partial charge in [0.05, 0.1) is 5.92 Å². The topological polar surface area (TPSA) is 40.5 Å². The van der Waals surface area contributed by atoms with Crippen LogP contribution in [0.1, 0.15) is 43.7 Å². The molecule has 2 rings (SSSR count). The van der Waals surface area contributed by atoms with Gasteiger partial charge in [0, 0.05) is 13.1 Å². The summed E-state index contributed by atoms with van der Waals surface area (Å²) in [5.74, 6) is -0.446. The maximum Gasteiger partial charge on any atom is 0.306 e. The predicted molar refractivity (Wildman–Crippen MR) is 85.2 cm³/mol. The van der Waals surface area contributed by atoms with Gasteiger partial charge in [-0.25, -0.2) is 0 Å². The van der Waals surface area contributed by atoms with E-state index in [1.807, 2.05) is 0 Å². The Balaban J connectivity index is 1.89. The Labute approximate surface area is 128 Å². The molecule has 1 unspecified atom stereocenters. The molecule has 1 fully saturated rings. The van der Waals surface area contributed by atoms with Gasteiger partial charge >= 0.3 is 5.97 Å². The number of hydrogen-bond donors (Lipinski definition) is 1. The summed E-state index contributed by atoms with van der Waals surface area (Å²) in [7, 11) is 0. The van der Waals surface area contributed by atoms with Crippen LogP contribution in [-0.2, 0) is 11.3 Å². The van der Waals surface area contributed by atoms with Crippen molar-refractivity contribution in [2.24, 2.45) is 11.8 Å². The number of carbonyl (C=O) groups is 1. The second kappa shape index (κ2) is 7.60. The lowest BCUT2D eigenvalue weighted by Crippen LogP contribution is -2.27. The van der Waals surface area contributed by atoms with Crippen molar-refractivity contribution >= 4 is 5.97 Å². The molecule has 1 aliphatic rings. The van der Waals surface area contributed by atoms with Gasteiger partial charge in [-0.3, -0.25) is 9.69 Å². The number of carboxylic acid groups (broad SMARTS) is 1. The van der Waals surface area contributed by atoms with Crippen LogP contribution in [0.3, 0.4) is 0 Å². The molecule has 0 bridgehead atoms. The normalized spacial score (nSPS) is 20.6. The summed E-state index contributed by atoms with van der Waals surface area (Å²) in [6.45, 7) is 7.11. The van der Waals surface area contributed by atoms with E-state index in [2.05, 4.69) is 43.0 Å². The zero-order valence-electron chi connectivity index (χ0n) is 13.2. The van der Waals surface area contributed by atoms with Crippen molar-refractivity contribution in [3.05, 3.63) is 35.4 Å². The van der Waals surface area contributed by atoms with Crippen LogP contribution < -0.4 is 0 Å². The summed E-state index contributed by atoms with van der Waals surface area (Å²) in [4.78, 5) is 13.9. The van der Waals surface area contributed by atoms with E-state index in [1.165, 1.54) is 11.1 Å². The Morgan fingerprint density at radius 1 is 1.38 bits per heavy atom. The molecule has 1 heterocycles. The highest BCUT2D eigenvalue weighted by Crippen LogP contribution is 2.29. The first-order chi connectivity index (χ1) is 10.1. The highest BCUT2D eigenvalue weighted by molar-refractivity contribution is 5.70. The van der Waals surface area contributed by atoms with E-state index in [4.69, 9.17) is 0 Å². The molecule has 3 nitrogen and oxygen atoms in total. The van der Waals surface area contributed by atoms with Crippen molar-refractivity contribution < 1.29 is 9.90 Å². The molecular formula is C18H27NO2. The molecule has 0 aliphatic carbocycles. The van der Waals surface area contributed by atoms with Crippen LogP contribution in [0.15, 0.2) is 24.3 Å². The zero-order valence-corrected chi connectivity index (χ0v) is 13.2.